The van der Waals surface area contributed by atoms with Crippen molar-refractivity contribution < 1.29 is 4.79 Å². The zero-order valence-electron chi connectivity index (χ0n) is 12.1. The van der Waals surface area contributed by atoms with Gasteiger partial charge in [-0.15, -0.1) is 11.3 Å². The lowest BCUT2D eigenvalue weighted by Crippen LogP contribution is -2.11. The number of fused-ring (bicyclic) bond motifs is 1. The number of hydrogen-bond donors (Lipinski definition) is 2. The van der Waals surface area contributed by atoms with Crippen LogP contribution in [0.25, 0.3) is 22.3 Å². The number of benzene rings is 1. The monoisotopic (exact) mass is 324 g/mol. The molecule has 0 saturated heterocycles. The van der Waals surface area contributed by atoms with Crippen molar-refractivity contribution in [1.82, 2.24) is 24.7 Å². The minimum atomic E-state index is -0.200. The van der Waals surface area contributed by atoms with Crippen molar-refractivity contribution in [3.8, 4) is 11.3 Å². The van der Waals surface area contributed by atoms with Crippen molar-refractivity contribution in [2.75, 3.05) is 5.32 Å². The van der Waals surface area contributed by atoms with Crippen LogP contribution in [0.3, 0.4) is 0 Å². The topological polar surface area (TPSA) is 88.5 Å². The molecule has 0 radical (unpaired) electrons. The first-order valence-electron chi connectivity index (χ1n) is 6.88. The number of aryl methyl sites for hydroxylation is 1. The molecule has 0 atom stereocenters. The van der Waals surface area contributed by atoms with Gasteiger partial charge >= 0.3 is 0 Å². The van der Waals surface area contributed by atoms with Gasteiger partial charge in [0.2, 0.25) is 0 Å². The molecular weight excluding hydrogens is 312 g/mol. The zero-order valence-corrected chi connectivity index (χ0v) is 13.0. The van der Waals surface area contributed by atoms with Crippen LogP contribution in [-0.4, -0.2) is 30.6 Å². The van der Waals surface area contributed by atoms with Gasteiger partial charge in [-0.05, 0) is 18.2 Å². The van der Waals surface area contributed by atoms with Crippen molar-refractivity contribution in [3.63, 3.8) is 0 Å². The molecule has 0 aliphatic heterocycles. The minimum absolute atomic E-state index is 0.200. The number of hydrogen-bond acceptors (Lipinski definition) is 5. The average Bonchev–Trinajstić information content (AvgIpc) is 3.26. The number of aromatic nitrogens is 5. The summed E-state index contributed by atoms with van der Waals surface area (Å²) in [5, 5.41) is 9.39. The predicted molar refractivity (Wildman–Crippen MR) is 88.4 cm³/mol. The Balaban J connectivity index is 1.55. The van der Waals surface area contributed by atoms with E-state index in [9.17, 15) is 4.79 Å². The van der Waals surface area contributed by atoms with E-state index in [2.05, 4.69) is 25.4 Å². The Morgan fingerprint density at radius 3 is 3.13 bits per heavy atom. The summed E-state index contributed by atoms with van der Waals surface area (Å²) in [6, 6.07) is 5.32. The molecule has 2 N–H and O–H groups in total. The Labute approximate surface area is 135 Å². The zero-order chi connectivity index (χ0) is 15.8. The SMILES string of the molecule is Cn1cc(-c2csc(NC(=O)c3ccc4nc[nH]c4c3)n2)cn1. The van der Waals surface area contributed by atoms with E-state index in [0.717, 1.165) is 22.3 Å². The van der Waals surface area contributed by atoms with E-state index in [1.807, 2.05) is 24.7 Å². The van der Waals surface area contributed by atoms with E-state index in [-0.39, 0.29) is 5.91 Å². The fraction of sp³-hybridized carbons (Fsp3) is 0.0667. The van der Waals surface area contributed by atoms with Crippen LogP contribution in [0.15, 0.2) is 42.3 Å². The second-order valence-electron chi connectivity index (χ2n) is 5.03. The van der Waals surface area contributed by atoms with Crippen molar-refractivity contribution in [3.05, 3.63) is 47.9 Å². The number of H-pyrrole nitrogens is 1. The molecular formula is C15H12N6OS. The molecule has 1 aromatic carbocycles. The highest BCUT2D eigenvalue weighted by atomic mass is 32.1. The molecule has 7 nitrogen and oxygen atoms in total. The third kappa shape index (κ3) is 2.59. The molecule has 0 aliphatic rings. The van der Waals surface area contributed by atoms with E-state index in [1.54, 1.807) is 29.3 Å². The number of nitrogens with zero attached hydrogens (tertiary/aromatic N) is 4. The molecule has 0 fully saturated rings. The van der Waals surface area contributed by atoms with Gasteiger partial charge in [-0.3, -0.25) is 14.8 Å². The van der Waals surface area contributed by atoms with Gasteiger partial charge in [0.05, 0.1) is 29.3 Å². The average molecular weight is 324 g/mol. The van der Waals surface area contributed by atoms with Gasteiger partial charge in [-0.2, -0.15) is 5.10 Å². The third-order valence-corrected chi connectivity index (χ3v) is 4.17. The molecule has 114 valence electrons. The van der Waals surface area contributed by atoms with Gasteiger partial charge in [0, 0.05) is 29.8 Å². The lowest BCUT2D eigenvalue weighted by Gasteiger charge is -2.01. The molecule has 4 rings (SSSR count). The highest BCUT2D eigenvalue weighted by Crippen LogP contribution is 2.24. The number of amides is 1. The summed E-state index contributed by atoms with van der Waals surface area (Å²) in [4.78, 5) is 23.9. The third-order valence-electron chi connectivity index (χ3n) is 3.41. The molecule has 4 aromatic rings. The Bertz CT molecular complexity index is 998. The van der Waals surface area contributed by atoms with E-state index in [1.165, 1.54) is 11.3 Å². The van der Waals surface area contributed by atoms with Crippen molar-refractivity contribution in [2.45, 2.75) is 0 Å². The Hall–Kier alpha value is -3.00. The highest BCUT2D eigenvalue weighted by molar-refractivity contribution is 7.14. The van der Waals surface area contributed by atoms with Gasteiger partial charge in [0.25, 0.3) is 5.91 Å². The molecule has 0 bridgehead atoms. The summed E-state index contributed by atoms with van der Waals surface area (Å²) in [5.74, 6) is -0.200. The van der Waals surface area contributed by atoms with E-state index in [0.29, 0.717) is 10.7 Å². The maximum atomic E-state index is 12.3. The summed E-state index contributed by atoms with van der Waals surface area (Å²) in [6.45, 7) is 0. The molecule has 3 aromatic heterocycles. The number of rotatable bonds is 3. The molecule has 0 unspecified atom stereocenters. The second-order valence-corrected chi connectivity index (χ2v) is 5.89. The Morgan fingerprint density at radius 2 is 2.30 bits per heavy atom. The Morgan fingerprint density at radius 1 is 1.39 bits per heavy atom. The number of nitrogens with one attached hydrogen (secondary N) is 2. The summed E-state index contributed by atoms with van der Waals surface area (Å²) in [5.41, 5.74) is 3.92. The van der Waals surface area contributed by atoms with Gasteiger partial charge < -0.3 is 4.98 Å². The lowest BCUT2D eigenvalue weighted by molar-refractivity contribution is 0.102. The van der Waals surface area contributed by atoms with Crippen LogP contribution in [0.4, 0.5) is 5.13 Å². The van der Waals surface area contributed by atoms with Gasteiger partial charge in [0.1, 0.15) is 0 Å². The standard InChI is InChI=1S/C15H12N6OS/c1-21-6-10(5-18-21)13-7-23-15(19-13)20-14(22)9-2-3-11-12(4-9)17-8-16-11/h2-8H,1H3,(H,16,17)(H,19,20,22). The predicted octanol–water partition coefficient (Wildman–Crippen LogP) is 2.67. The Kier molecular flexibility index (Phi) is 3.16. The normalized spacial score (nSPS) is 11.0. The maximum Gasteiger partial charge on any atom is 0.257 e. The molecule has 1 amide bonds. The molecule has 23 heavy (non-hydrogen) atoms. The molecule has 0 spiro atoms. The summed E-state index contributed by atoms with van der Waals surface area (Å²) in [7, 11) is 1.85. The van der Waals surface area contributed by atoms with Crippen LogP contribution in [0.2, 0.25) is 0 Å². The van der Waals surface area contributed by atoms with Gasteiger partial charge in [-0.25, -0.2) is 9.97 Å². The number of imidazole rings is 1. The highest BCUT2D eigenvalue weighted by Gasteiger charge is 2.11. The summed E-state index contributed by atoms with van der Waals surface area (Å²) in [6.07, 6.45) is 5.23. The smallest absolute Gasteiger partial charge is 0.257 e. The number of aromatic amines is 1. The molecule has 0 aliphatic carbocycles. The van der Waals surface area contributed by atoms with Gasteiger partial charge in [0.15, 0.2) is 5.13 Å². The lowest BCUT2D eigenvalue weighted by atomic mass is 10.2. The van der Waals surface area contributed by atoms with E-state index >= 15 is 0 Å². The van der Waals surface area contributed by atoms with Crippen LogP contribution >= 0.6 is 11.3 Å². The van der Waals surface area contributed by atoms with Crippen LogP contribution in [-0.2, 0) is 7.05 Å². The summed E-state index contributed by atoms with van der Waals surface area (Å²) >= 11 is 1.38. The van der Waals surface area contributed by atoms with Crippen LogP contribution in [0, 0.1) is 0 Å². The minimum Gasteiger partial charge on any atom is -0.345 e. The fourth-order valence-electron chi connectivity index (χ4n) is 2.26. The van der Waals surface area contributed by atoms with Crippen LogP contribution in [0.5, 0.6) is 0 Å². The van der Waals surface area contributed by atoms with E-state index in [4.69, 9.17) is 0 Å². The van der Waals surface area contributed by atoms with Crippen molar-refractivity contribution in [2.24, 2.45) is 7.05 Å². The first kappa shape index (κ1) is 13.6. The van der Waals surface area contributed by atoms with E-state index < -0.39 is 0 Å². The second kappa shape index (κ2) is 5.33. The van der Waals surface area contributed by atoms with Crippen LogP contribution < -0.4 is 5.32 Å². The first-order chi connectivity index (χ1) is 11.2. The fourth-order valence-corrected chi connectivity index (χ4v) is 2.98. The van der Waals surface area contributed by atoms with Gasteiger partial charge in [-0.1, -0.05) is 0 Å². The quantitative estimate of drug-likeness (QED) is 0.606. The maximum absolute atomic E-state index is 12.3. The molecule has 8 heteroatoms. The molecule has 0 saturated carbocycles. The van der Waals surface area contributed by atoms with Crippen molar-refractivity contribution >= 4 is 33.4 Å². The number of carbonyl (C=O) groups excluding carboxylic acids is 1. The largest absolute Gasteiger partial charge is 0.345 e. The molecule has 3 heterocycles. The number of carbonyl (C=O) groups is 1. The number of thiazole rings is 1. The van der Waals surface area contributed by atoms with Crippen molar-refractivity contribution in [1.29, 1.82) is 0 Å². The summed E-state index contributed by atoms with van der Waals surface area (Å²) < 4.78 is 1.71. The van der Waals surface area contributed by atoms with Crippen LogP contribution in [0.1, 0.15) is 10.4 Å². The number of anilines is 1. The first-order valence-corrected chi connectivity index (χ1v) is 7.76.